The molecule has 0 saturated heterocycles. The maximum atomic E-state index is 9.29. The largest absolute Gasteiger partial charge is 0.396 e. The Bertz CT molecular complexity index is 302. The molecule has 0 fully saturated rings. The molecule has 1 N–H and O–H groups in total. The highest BCUT2D eigenvalue weighted by molar-refractivity contribution is 5.22. The van der Waals surface area contributed by atoms with Crippen LogP contribution in [-0.4, -0.2) is 11.7 Å². The molecule has 1 aliphatic rings. The molecule has 1 aromatic carbocycles. The Hall–Kier alpha value is -1.08. The van der Waals surface area contributed by atoms with Gasteiger partial charge in [0.25, 0.3) is 0 Å². The molecule has 1 heteroatoms. The highest BCUT2D eigenvalue weighted by Gasteiger charge is 2.22. The fourth-order valence-electron chi connectivity index (χ4n) is 2.18. The van der Waals surface area contributed by atoms with Gasteiger partial charge in [-0.2, -0.15) is 0 Å². The normalized spacial score (nSPS) is 26.4. The average Bonchev–Trinajstić information content (AvgIpc) is 2.30. The van der Waals surface area contributed by atoms with Crippen LogP contribution in [0.5, 0.6) is 0 Å². The zero-order valence-corrected chi connectivity index (χ0v) is 8.26. The lowest BCUT2D eigenvalue weighted by molar-refractivity contribution is 0.201. The van der Waals surface area contributed by atoms with Crippen LogP contribution in [0.3, 0.4) is 0 Å². The summed E-state index contributed by atoms with van der Waals surface area (Å²) in [5, 5.41) is 9.29. The van der Waals surface area contributed by atoms with Gasteiger partial charge in [0.2, 0.25) is 0 Å². The van der Waals surface area contributed by atoms with Gasteiger partial charge in [0, 0.05) is 6.61 Å². The third-order valence-corrected chi connectivity index (χ3v) is 3.03. The van der Waals surface area contributed by atoms with Crippen molar-refractivity contribution in [1.29, 1.82) is 0 Å². The second-order valence-electron chi connectivity index (χ2n) is 3.90. The van der Waals surface area contributed by atoms with Crippen molar-refractivity contribution in [2.75, 3.05) is 6.61 Å². The first-order valence-corrected chi connectivity index (χ1v) is 5.22. The van der Waals surface area contributed by atoms with E-state index >= 15 is 0 Å². The summed E-state index contributed by atoms with van der Waals surface area (Å²) in [6, 6.07) is 10.5. The molecule has 0 radical (unpaired) electrons. The maximum absolute atomic E-state index is 9.29. The van der Waals surface area contributed by atoms with Crippen LogP contribution < -0.4 is 0 Å². The van der Waals surface area contributed by atoms with Gasteiger partial charge in [-0.3, -0.25) is 0 Å². The molecule has 14 heavy (non-hydrogen) atoms. The van der Waals surface area contributed by atoms with Crippen LogP contribution in [0.15, 0.2) is 42.5 Å². The summed E-state index contributed by atoms with van der Waals surface area (Å²) in [5.74, 6) is 0.911. The lowest BCUT2D eigenvalue weighted by Crippen LogP contribution is -2.18. The number of benzene rings is 1. The molecule has 2 unspecified atom stereocenters. The lowest BCUT2D eigenvalue weighted by Gasteiger charge is -2.27. The van der Waals surface area contributed by atoms with Crippen LogP contribution in [0.2, 0.25) is 0 Å². The molecule has 1 aliphatic carbocycles. The fraction of sp³-hybridized carbons (Fsp3) is 0.385. The van der Waals surface area contributed by atoms with Crippen molar-refractivity contribution in [1.82, 2.24) is 0 Å². The standard InChI is InChI=1S/C13H16O/c14-10-12-8-4-5-9-13(12)11-6-2-1-3-7-11/h1-7,12-14H,8-10H2. The molecule has 2 rings (SSSR count). The van der Waals surface area contributed by atoms with Crippen LogP contribution in [0.4, 0.5) is 0 Å². The van der Waals surface area contributed by atoms with Gasteiger partial charge in [-0.05, 0) is 30.2 Å². The van der Waals surface area contributed by atoms with Crippen LogP contribution in [-0.2, 0) is 0 Å². The van der Waals surface area contributed by atoms with Crippen molar-refractivity contribution < 1.29 is 5.11 Å². The Morgan fingerprint density at radius 3 is 2.50 bits per heavy atom. The molecule has 0 bridgehead atoms. The second-order valence-corrected chi connectivity index (χ2v) is 3.90. The van der Waals surface area contributed by atoms with Gasteiger partial charge in [0.1, 0.15) is 0 Å². The smallest absolute Gasteiger partial charge is 0.0468 e. The van der Waals surface area contributed by atoms with E-state index in [4.69, 9.17) is 0 Å². The topological polar surface area (TPSA) is 20.2 Å². The first-order chi connectivity index (χ1) is 6.92. The minimum absolute atomic E-state index is 0.296. The predicted octanol–water partition coefficient (Wildman–Crippen LogP) is 2.73. The Balaban J connectivity index is 2.20. The molecule has 1 aromatic rings. The molecule has 0 heterocycles. The van der Waals surface area contributed by atoms with Crippen molar-refractivity contribution in [3.05, 3.63) is 48.0 Å². The molecule has 0 spiro atoms. The third-order valence-electron chi connectivity index (χ3n) is 3.03. The quantitative estimate of drug-likeness (QED) is 0.707. The van der Waals surface area contributed by atoms with E-state index in [0.717, 1.165) is 12.8 Å². The minimum atomic E-state index is 0.296. The Kier molecular flexibility index (Phi) is 3.00. The van der Waals surface area contributed by atoms with E-state index in [1.165, 1.54) is 5.56 Å². The molecule has 2 atom stereocenters. The fourth-order valence-corrected chi connectivity index (χ4v) is 2.18. The van der Waals surface area contributed by atoms with E-state index in [-0.39, 0.29) is 0 Å². The monoisotopic (exact) mass is 188 g/mol. The summed E-state index contributed by atoms with van der Waals surface area (Å²) in [5.41, 5.74) is 1.36. The number of allylic oxidation sites excluding steroid dienone is 2. The molecule has 0 aromatic heterocycles. The summed E-state index contributed by atoms with van der Waals surface area (Å²) >= 11 is 0. The molecule has 0 aliphatic heterocycles. The average molecular weight is 188 g/mol. The van der Waals surface area contributed by atoms with E-state index in [1.54, 1.807) is 0 Å². The van der Waals surface area contributed by atoms with Gasteiger partial charge in [-0.25, -0.2) is 0 Å². The molecule has 0 saturated carbocycles. The summed E-state index contributed by atoms with van der Waals surface area (Å²) < 4.78 is 0. The predicted molar refractivity (Wildman–Crippen MR) is 58.1 cm³/mol. The summed E-state index contributed by atoms with van der Waals surface area (Å²) in [4.78, 5) is 0. The summed E-state index contributed by atoms with van der Waals surface area (Å²) in [6.07, 6.45) is 6.48. The first-order valence-electron chi connectivity index (χ1n) is 5.22. The Labute approximate surface area is 85.1 Å². The van der Waals surface area contributed by atoms with E-state index in [1.807, 2.05) is 6.07 Å². The summed E-state index contributed by atoms with van der Waals surface area (Å²) in [7, 11) is 0. The van der Waals surface area contributed by atoms with Gasteiger partial charge in [0.15, 0.2) is 0 Å². The van der Waals surface area contributed by atoms with Crippen molar-refractivity contribution in [3.63, 3.8) is 0 Å². The van der Waals surface area contributed by atoms with Crippen LogP contribution >= 0.6 is 0 Å². The van der Waals surface area contributed by atoms with Crippen molar-refractivity contribution in [2.24, 2.45) is 5.92 Å². The van der Waals surface area contributed by atoms with Crippen LogP contribution in [0.1, 0.15) is 24.3 Å². The molecular weight excluding hydrogens is 172 g/mol. The number of hydrogen-bond acceptors (Lipinski definition) is 1. The van der Waals surface area contributed by atoms with Gasteiger partial charge < -0.3 is 5.11 Å². The second kappa shape index (κ2) is 4.43. The molecule has 74 valence electrons. The number of aliphatic hydroxyl groups excluding tert-OH is 1. The molecular formula is C13H16O. The van der Waals surface area contributed by atoms with Gasteiger partial charge in [-0.1, -0.05) is 42.5 Å². The van der Waals surface area contributed by atoms with E-state index in [2.05, 4.69) is 36.4 Å². The zero-order valence-electron chi connectivity index (χ0n) is 8.26. The van der Waals surface area contributed by atoms with Crippen LogP contribution in [0, 0.1) is 5.92 Å². The van der Waals surface area contributed by atoms with E-state index in [0.29, 0.717) is 18.4 Å². The van der Waals surface area contributed by atoms with E-state index < -0.39 is 0 Å². The number of rotatable bonds is 2. The lowest BCUT2D eigenvalue weighted by atomic mass is 9.79. The first kappa shape index (κ1) is 9.47. The molecule has 0 amide bonds. The van der Waals surface area contributed by atoms with Crippen molar-refractivity contribution in [3.8, 4) is 0 Å². The van der Waals surface area contributed by atoms with Crippen molar-refractivity contribution in [2.45, 2.75) is 18.8 Å². The number of aliphatic hydroxyl groups is 1. The van der Waals surface area contributed by atoms with Gasteiger partial charge in [0.05, 0.1) is 0 Å². The van der Waals surface area contributed by atoms with Gasteiger partial charge >= 0.3 is 0 Å². The highest BCUT2D eigenvalue weighted by atomic mass is 16.3. The maximum Gasteiger partial charge on any atom is 0.0468 e. The Morgan fingerprint density at radius 1 is 1.07 bits per heavy atom. The Morgan fingerprint density at radius 2 is 1.79 bits per heavy atom. The van der Waals surface area contributed by atoms with Crippen LogP contribution in [0.25, 0.3) is 0 Å². The zero-order chi connectivity index (χ0) is 9.80. The third kappa shape index (κ3) is 1.88. The molecule has 1 nitrogen and oxygen atoms in total. The highest BCUT2D eigenvalue weighted by Crippen LogP contribution is 2.33. The van der Waals surface area contributed by atoms with Crippen molar-refractivity contribution >= 4 is 0 Å². The van der Waals surface area contributed by atoms with Gasteiger partial charge in [-0.15, -0.1) is 0 Å². The summed E-state index contributed by atoms with van der Waals surface area (Å²) in [6.45, 7) is 0.296. The van der Waals surface area contributed by atoms with E-state index in [9.17, 15) is 5.11 Å². The number of hydrogen-bond donors (Lipinski definition) is 1. The SMILES string of the molecule is OCC1CC=CCC1c1ccccc1. The minimum Gasteiger partial charge on any atom is -0.396 e.